The highest BCUT2D eigenvalue weighted by molar-refractivity contribution is 5.52. The SMILES string of the molecule is COc1cc(CCCN)c(OC)c(F)c1OC. The lowest BCUT2D eigenvalue weighted by atomic mass is 10.1. The zero-order valence-corrected chi connectivity index (χ0v) is 10.4. The van der Waals surface area contributed by atoms with Crippen molar-refractivity contribution in [3.05, 3.63) is 17.4 Å². The summed E-state index contributed by atoms with van der Waals surface area (Å²) in [5.41, 5.74) is 6.17. The van der Waals surface area contributed by atoms with E-state index in [1.807, 2.05) is 0 Å². The predicted octanol–water partition coefficient (Wildman–Crippen LogP) is 1.74. The lowest BCUT2D eigenvalue weighted by Crippen LogP contribution is -2.04. The van der Waals surface area contributed by atoms with Crippen LogP contribution in [0.25, 0.3) is 0 Å². The third kappa shape index (κ3) is 2.79. The maximum absolute atomic E-state index is 14.0. The molecule has 0 amide bonds. The van der Waals surface area contributed by atoms with E-state index in [9.17, 15) is 4.39 Å². The van der Waals surface area contributed by atoms with Gasteiger partial charge in [-0.2, -0.15) is 4.39 Å². The van der Waals surface area contributed by atoms with Gasteiger partial charge in [0.05, 0.1) is 21.3 Å². The van der Waals surface area contributed by atoms with Crippen LogP contribution in [-0.2, 0) is 6.42 Å². The molecule has 0 aromatic heterocycles. The molecule has 1 aromatic carbocycles. The van der Waals surface area contributed by atoms with Gasteiger partial charge in [0.15, 0.2) is 11.5 Å². The molecule has 1 aromatic rings. The minimum atomic E-state index is -0.540. The third-order valence-corrected chi connectivity index (χ3v) is 2.50. The Balaban J connectivity index is 3.24. The Morgan fingerprint density at radius 2 is 1.76 bits per heavy atom. The van der Waals surface area contributed by atoms with Crippen LogP contribution in [0.5, 0.6) is 17.2 Å². The summed E-state index contributed by atoms with van der Waals surface area (Å²) in [6.07, 6.45) is 1.39. The van der Waals surface area contributed by atoms with Crippen molar-refractivity contribution in [1.29, 1.82) is 0 Å². The largest absolute Gasteiger partial charge is 0.493 e. The molecule has 1 rings (SSSR count). The highest BCUT2D eigenvalue weighted by Crippen LogP contribution is 2.39. The number of nitrogens with two attached hydrogens (primary N) is 1. The third-order valence-electron chi connectivity index (χ3n) is 2.50. The quantitative estimate of drug-likeness (QED) is 0.827. The first-order valence-corrected chi connectivity index (χ1v) is 5.37. The van der Waals surface area contributed by atoms with Crippen molar-refractivity contribution < 1.29 is 18.6 Å². The van der Waals surface area contributed by atoms with Crippen LogP contribution in [0.3, 0.4) is 0 Å². The van der Waals surface area contributed by atoms with E-state index < -0.39 is 5.82 Å². The molecule has 0 aliphatic carbocycles. The highest BCUT2D eigenvalue weighted by Gasteiger charge is 2.20. The average Bonchev–Trinajstić information content (AvgIpc) is 2.35. The van der Waals surface area contributed by atoms with Gasteiger partial charge in [0.25, 0.3) is 0 Å². The number of benzene rings is 1. The Kier molecular flexibility index (Phi) is 5.03. The minimum absolute atomic E-state index is 0.0563. The number of ether oxygens (including phenoxy) is 3. The zero-order valence-electron chi connectivity index (χ0n) is 10.4. The second-order valence-electron chi connectivity index (χ2n) is 3.51. The molecule has 0 aliphatic heterocycles. The van der Waals surface area contributed by atoms with E-state index in [0.29, 0.717) is 18.7 Å². The molecule has 5 heteroatoms. The van der Waals surface area contributed by atoms with Crippen LogP contribution >= 0.6 is 0 Å². The molecular weight excluding hydrogens is 225 g/mol. The Labute approximate surface area is 100 Å². The summed E-state index contributed by atoms with van der Waals surface area (Å²) in [7, 11) is 4.28. The van der Waals surface area contributed by atoms with Crippen molar-refractivity contribution in [3.63, 3.8) is 0 Å². The topological polar surface area (TPSA) is 53.7 Å². The smallest absolute Gasteiger partial charge is 0.210 e. The monoisotopic (exact) mass is 243 g/mol. The normalized spacial score (nSPS) is 10.2. The number of rotatable bonds is 6. The molecule has 0 bridgehead atoms. The lowest BCUT2D eigenvalue weighted by Gasteiger charge is -2.15. The molecule has 0 aliphatic rings. The van der Waals surface area contributed by atoms with E-state index in [0.717, 1.165) is 12.0 Å². The van der Waals surface area contributed by atoms with Crippen LogP contribution in [0.15, 0.2) is 6.07 Å². The first-order chi connectivity index (χ1) is 8.19. The predicted molar refractivity (Wildman–Crippen MR) is 63.4 cm³/mol. The summed E-state index contributed by atoms with van der Waals surface area (Å²) in [4.78, 5) is 0. The van der Waals surface area contributed by atoms with Crippen molar-refractivity contribution in [2.45, 2.75) is 12.8 Å². The number of halogens is 1. The van der Waals surface area contributed by atoms with Crippen molar-refractivity contribution in [3.8, 4) is 17.2 Å². The number of hydrogen-bond acceptors (Lipinski definition) is 4. The van der Waals surface area contributed by atoms with Crippen molar-refractivity contribution >= 4 is 0 Å². The Bertz CT molecular complexity index is 383. The fourth-order valence-corrected chi connectivity index (χ4v) is 1.68. The van der Waals surface area contributed by atoms with Crippen molar-refractivity contribution in [2.75, 3.05) is 27.9 Å². The van der Waals surface area contributed by atoms with Crippen molar-refractivity contribution in [2.24, 2.45) is 5.73 Å². The van der Waals surface area contributed by atoms with E-state index in [4.69, 9.17) is 19.9 Å². The molecule has 17 heavy (non-hydrogen) atoms. The van der Waals surface area contributed by atoms with E-state index in [1.165, 1.54) is 21.3 Å². The van der Waals surface area contributed by atoms with Crippen LogP contribution in [0.1, 0.15) is 12.0 Å². The standard InChI is InChI=1S/C12H18FNO3/c1-15-9-7-8(5-4-6-14)11(16-2)10(13)12(9)17-3/h7H,4-6,14H2,1-3H3. The number of aryl methyl sites for hydroxylation is 1. The molecule has 0 unspecified atom stereocenters. The van der Waals surface area contributed by atoms with Gasteiger partial charge in [-0.05, 0) is 25.5 Å². The van der Waals surface area contributed by atoms with Gasteiger partial charge in [0, 0.05) is 5.56 Å². The molecule has 0 saturated carbocycles. The highest BCUT2D eigenvalue weighted by atomic mass is 19.1. The summed E-state index contributed by atoms with van der Waals surface area (Å²) in [6.45, 7) is 0.541. The van der Waals surface area contributed by atoms with Gasteiger partial charge in [-0.1, -0.05) is 0 Å². The Morgan fingerprint density at radius 1 is 1.12 bits per heavy atom. The fraction of sp³-hybridized carbons (Fsp3) is 0.500. The Hall–Kier alpha value is -1.49. The summed E-state index contributed by atoms with van der Waals surface area (Å²) in [5, 5.41) is 0. The van der Waals surface area contributed by atoms with Gasteiger partial charge < -0.3 is 19.9 Å². The molecular formula is C12H18FNO3. The molecule has 0 fully saturated rings. The molecule has 4 nitrogen and oxygen atoms in total. The summed E-state index contributed by atoms with van der Waals surface area (Å²) in [6, 6.07) is 1.72. The molecule has 0 radical (unpaired) electrons. The van der Waals surface area contributed by atoms with Gasteiger partial charge in [0.1, 0.15) is 0 Å². The molecule has 0 atom stereocenters. The van der Waals surface area contributed by atoms with Crippen LogP contribution in [0, 0.1) is 5.82 Å². The van der Waals surface area contributed by atoms with E-state index in [1.54, 1.807) is 6.07 Å². The Morgan fingerprint density at radius 3 is 2.24 bits per heavy atom. The second kappa shape index (κ2) is 6.30. The van der Waals surface area contributed by atoms with Gasteiger partial charge in [-0.25, -0.2) is 0 Å². The van der Waals surface area contributed by atoms with E-state index in [2.05, 4.69) is 0 Å². The van der Waals surface area contributed by atoms with Crippen LogP contribution < -0.4 is 19.9 Å². The first kappa shape index (κ1) is 13.6. The molecule has 0 spiro atoms. The van der Waals surface area contributed by atoms with Gasteiger partial charge >= 0.3 is 0 Å². The van der Waals surface area contributed by atoms with Gasteiger partial charge in [-0.15, -0.1) is 0 Å². The van der Waals surface area contributed by atoms with Crippen molar-refractivity contribution in [1.82, 2.24) is 0 Å². The molecule has 0 heterocycles. The molecule has 96 valence electrons. The van der Waals surface area contributed by atoms with E-state index in [-0.39, 0.29) is 11.5 Å². The summed E-state index contributed by atoms with van der Waals surface area (Å²) >= 11 is 0. The van der Waals surface area contributed by atoms with Gasteiger partial charge in [0.2, 0.25) is 11.6 Å². The minimum Gasteiger partial charge on any atom is -0.493 e. The average molecular weight is 243 g/mol. The van der Waals surface area contributed by atoms with Gasteiger partial charge in [-0.3, -0.25) is 0 Å². The summed E-state index contributed by atoms with van der Waals surface area (Å²) < 4.78 is 29.2. The van der Waals surface area contributed by atoms with E-state index >= 15 is 0 Å². The molecule has 2 N–H and O–H groups in total. The fourth-order valence-electron chi connectivity index (χ4n) is 1.68. The second-order valence-corrected chi connectivity index (χ2v) is 3.51. The maximum Gasteiger partial charge on any atom is 0.210 e. The van der Waals surface area contributed by atoms with Crippen LogP contribution in [-0.4, -0.2) is 27.9 Å². The molecule has 0 saturated heterocycles. The maximum atomic E-state index is 14.0. The summed E-state index contributed by atoms with van der Waals surface area (Å²) in [5.74, 6) is 0.0659. The van der Waals surface area contributed by atoms with Crippen LogP contribution in [0.4, 0.5) is 4.39 Å². The first-order valence-electron chi connectivity index (χ1n) is 5.37. The number of methoxy groups -OCH3 is 3. The zero-order chi connectivity index (χ0) is 12.8. The lowest BCUT2D eigenvalue weighted by molar-refractivity contribution is 0.318. The van der Waals surface area contributed by atoms with Crippen LogP contribution in [0.2, 0.25) is 0 Å². The number of hydrogen-bond donors (Lipinski definition) is 1.